The second-order valence-electron chi connectivity index (χ2n) is 4.88. The molecule has 2 heteroatoms. The van der Waals surface area contributed by atoms with Crippen molar-refractivity contribution in [2.45, 2.75) is 6.92 Å². The van der Waals surface area contributed by atoms with Gasteiger partial charge in [-0.15, -0.1) is 0 Å². The van der Waals surface area contributed by atoms with Crippen molar-refractivity contribution in [3.8, 4) is 17.0 Å². The molecule has 0 spiro atoms. The Labute approximate surface area is 113 Å². The Morgan fingerprint density at radius 2 is 1.68 bits per heavy atom. The first kappa shape index (κ1) is 11.8. The fourth-order valence-electron chi connectivity index (χ4n) is 2.44. The Morgan fingerprint density at radius 3 is 2.37 bits per heavy atom. The third-order valence-corrected chi connectivity index (χ3v) is 3.60. The molecule has 0 aliphatic carbocycles. The number of nitrogens with zero attached hydrogens (tertiary/aromatic N) is 1. The normalized spacial score (nSPS) is 10.9. The van der Waals surface area contributed by atoms with Crippen LogP contribution >= 0.6 is 0 Å². The van der Waals surface area contributed by atoms with Crippen molar-refractivity contribution < 1.29 is 4.74 Å². The molecule has 0 bridgehead atoms. The number of fused-ring (bicyclic) bond motifs is 1. The largest absolute Gasteiger partial charge is 0.497 e. The van der Waals surface area contributed by atoms with Gasteiger partial charge in [-0.2, -0.15) is 0 Å². The number of aromatic nitrogens is 1. The molecule has 19 heavy (non-hydrogen) atoms. The van der Waals surface area contributed by atoms with E-state index in [2.05, 4.69) is 61.0 Å². The van der Waals surface area contributed by atoms with E-state index >= 15 is 0 Å². The van der Waals surface area contributed by atoms with Crippen LogP contribution in [0.3, 0.4) is 0 Å². The van der Waals surface area contributed by atoms with Crippen molar-refractivity contribution in [1.82, 2.24) is 4.57 Å². The van der Waals surface area contributed by atoms with E-state index in [1.807, 2.05) is 6.07 Å². The van der Waals surface area contributed by atoms with Crippen LogP contribution in [0.4, 0.5) is 0 Å². The van der Waals surface area contributed by atoms with Gasteiger partial charge in [0.15, 0.2) is 0 Å². The molecule has 1 heterocycles. The predicted octanol–water partition coefficient (Wildman–Crippen LogP) is 4.16. The highest BCUT2D eigenvalue weighted by atomic mass is 16.5. The van der Waals surface area contributed by atoms with Crippen LogP contribution in [-0.4, -0.2) is 11.7 Å². The number of methoxy groups -OCH3 is 1. The van der Waals surface area contributed by atoms with Gasteiger partial charge in [-0.3, -0.25) is 0 Å². The first-order valence-corrected chi connectivity index (χ1v) is 6.39. The Kier molecular flexibility index (Phi) is 2.79. The quantitative estimate of drug-likeness (QED) is 0.667. The zero-order valence-electron chi connectivity index (χ0n) is 11.5. The highest BCUT2D eigenvalue weighted by Crippen LogP contribution is 2.29. The fourth-order valence-corrected chi connectivity index (χ4v) is 2.44. The molecule has 0 unspecified atom stereocenters. The number of rotatable bonds is 2. The molecular weight excluding hydrogens is 234 g/mol. The van der Waals surface area contributed by atoms with E-state index in [4.69, 9.17) is 4.74 Å². The topological polar surface area (TPSA) is 14.2 Å². The molecule has 2 nitrogen and oxygen atoms in total. The van der Waals surface area contributed by atoms with Gasteiger partial charge in [-0.1, -0.05) is 29.8 Å². The monoisotopic (exact) mass is 251 g/mol. The molecule has 3 aromatic rings. The summed E-state index contributed by atoms with van der Waals surface area (Å²) in [5.74, 6) is 0.893. The number of hydrogen-bond acceptors (Lipinski definition) is 1. The van der Waals surface area contributed by atoms with Crippen LogP contribution in [0.15, 0.2) is 48.5 Å². The van der Waals surface area contributed by atoms with Crippen molar-refractivity contribution in [1.29, 1.82) is 0 Å². The van der Waals surface area contributed by atoms with Gasteiger partial charge in [0.05, 0.1) is 12.6 Å². The third kappa shape index (κ3) is 1.99. The van der Waals surface area contributed by atoms with E-state index in [-0.39, 0.29) is 0 Å². The third-order valence-electron chi connectivity index (χ3n) is 3.60. The van der Waals surface area contributed by atoms with Gasteiger partial charge in [-0.25, -0.2) is 0 Å². The fraction of sp³-hybridized carbons (Fsp3) is 0.176. The van der Waals surface area contributed by atoms with Gasteiger partial charge in [0.1, 0.15) is 5.75 Å². The lowest BCUT2D eigenvalue weighted by molar-refractivity contribution is 0.415. The van der Waals surface area contributed by atoms with Crippen molar-refractivity contribution in [2.75, 3.05) is 7.11 Å². The van der Waals surface area contributed by atoms with E-state index < -0.39 is 0 Å². The first-order valence-electron chi connectivity index (χ1n) is 6.39. The zero-order valence-corrected chi connectivity index (χ0v) is 11.5. The molecular formula is C17H17NO. The summed E-state index contributed by atoms with van der Waals surface area (Å²) in [6.45, 7) is 2.11. The minimum Gasteiger partial charge on any atom is -0.497 e. The van der Waals surface area contributed by atoms with Crippen molar-refractivity contribution >= 4 is 10.9 Å². The van der Waals surface area contributed by atoms with Gasteiger partial charge >= 0.3 is 0 Å². The van der Waals surface area contributed by atoms with Crippen LogP contribution in [0.2, 0.25) is 0 Å². The average molecular weight is 251 g/mol. The maximum atomic E-state index is 5.29. The Morgan fingerprint density at radius 1 is 0.947 bits per heavy atom. The van der Waals surface area contributed by atoms with Gasteiger partial charge in [0.25, 0.3) is 0 Å². The summed E-state index contributed by atoms with van der Waals surface area (Å²) in [5, 5.41) is 1.24. The molecule has 0 radical (unpaired) electrons. The minimum absolute atomic E-state index is 0.893. The van der Waals surface area contributed by atoms with E-state index in [1.165, 1.54) is 27.7 Å². The second-order valence-corrected chi connectivity index (χ2v) is 4.88. The van der Waals surface area contributed by atoms with Crippen LogP contribution in [-0.2, 0) is 7.05 Å². The Bertz CT molecular complexity index is 723. The van der Waals surface area contributed by atoms with Gasteiger partial charge in [-0.05, 0) is 30.7 Å². The Balaban J connectivity index is 2.19. The maximum Gasteiger partial charge on any atom is 0.120 e. The molecule has 0 amide bonds. The van der Waals surface area contributed by atoms with Crippen LogP contribution in [0.25, 0.3) is 22.2 Å². The zero-order chi connectivity index (χ0) is 13.4. The summed E-state index contributed by atoms with van der Waals surface area (Å²) in [5.41, 5.74) is 4.94. The van der Waals surface area contributed by atoms with Crippen LogP contribution in [0.1, 0.15) is 5.56 Å². The van der Waals surface area contributed by atoms with E-state index in [9.17, 15) is 0 Å². The summed E-state index contributed by atoms with van der Waals surface area (Å²) in [7, 11) is 3.79. The minimum atomic E-state index is 0.893. The highest BCUT2D eigenvalue weighted by Gasteiger charge is 2.08. The Hall–Kier alpha value is -2.22. The van der Waals surface area contributed by atoms with E-state index in [0.717, 1.165) is 5.75 Å². The molecule has 0 saturated heterocycles. The predicted molar refractivity (Wildman–Crippen MR) is 79.6 cm³/mol. The molecule has 0 aliphatic rings. The van der Waals surface area contributed by atoms with Gasteiger partial charge < -0.3 is 9.30 Å². The van der Waals surface area contributed by atoms with Crippen LogP contribution in [0, 0.1) is 6.92 Å². The number of hydrogen-bond donors (Lipinski definition) is 0. The van der Waals surface area contributed by atoms with Crippen molar-refractivity contribution in [2.24, 2.45) is 7.05 Å². The lowest BCUT2D eigenvalue weighted by Crippen LogP contribution is -1.91. The summed E-state index contributed by atoms with van der Waals surface area (Å²) in [6.07, 6.45) is 0. The number of ether oxygens (including phenoxy) is 1. The summed E-state index contributed by atoms with van der Waals surface area (Å²) >= 11 is 0. The SMILES string of the molecule is COc1ccc2cc(-c3ccc(C)cc3)n(C)c2c1. The molecule has 2 aromatic carbocycles. The van der Waals surface area contributed by atoms with Crippen molar-refractivity contribution in [3.63, 3.8) is 0 Å². The smallest absolute Gasteiger partial charge is 0.120 e. The van der Waals surface area contributed by atoms with Gasteiger partial charge in [0, 0.05) is 24.2 Å². The molecule has 0 fully saturated rings. The molecule has 3 rings (SSSR count). The molecule has 0 N–H and O–H groups in total. The number of aryl methyl sites for hydroxylation is 2. The average Bonchev–Trinajstić information content (AvgIpc) is 2.76. The summed E-state index contributed by atoms with van der Waals surface area (Å²) < 4.78 is 7.51. The van der Waals surface area contributed by atoms with Crippen LogP contribution < -0.4 is 4.74 Å². The van der Waals surface area contributed by atoms with Crippen LogP contribution in [0.5, 0.6) is 5.75 Å². The van der Waals surface area contributed by atoms with E-state index in [1.54, 1.807) is 7.11 Å². The molecule has 0 atom stereocenters. The standard InChI is InChI=1S/C17H17NO/c1-12-4-6-13(7-5-12)16-10-14-8-9-15(19-3)11-17(14)18(16)2/h4-11H,1-3H3. The lowest BCUT2D eigenvalue weighted by atomic mass is 10.1. The molecule has 1 aromatic heterocycles. The molecule has 96 valence electrons. The molecule has 0 saturated carbocycles. The first-order chi connectivity index (χ1) is 9.19. The summed E-state index contributed by atoms with van der Waals surface area (Å²) in [6, 6.07) is 17.0. The van der Waals surface area contributed by atoms with Crippen molar-refractivity contribution in [3.05, 3.63) is 54.1 Å². The maximum absolute atomic E-state index is 5.29. The van der Waals surface area contributed by atoms with Gasteiger partial charge in [0.2, 0.25) is 0 Å². The number of benzene rings is 2. The highest BCUT2D eigenvalue weighted by molar-refractivity contribution is 5.88. The van der Waals surface area contributed by atoms with E-state index in [0.29, 0.717) is 0 Å². The summed E-state index contributed by atoms with van der Waals surface area (Å²) in [4.78, 5) is 0. The lowest BCUT2D eigenvalue weighted by Gasteiger charge is -2.05. The second kappa shape index (κ2) is 4.47. The molecule has 0 aliphatic heterocycles.